The zero-order chi connectivity index (χ0) is 26.3. The smallest absolute Gasteiger partial charge is 0.255 e. The first-order chi connectivity index (χ1) is 17.6. The highest BCUT2D eigenvalue weighted by atomic mass is 16.5. The molecule has 3 aromatic rings. The van der Waals surface area contributed by atoms with Crippen molar-refractivity contribution < 1.29 is 24.2 Å². The van der Waals surface area contributed by atoms with Gasteiger partial charge in [0.2, 0.25) is 5.88 Å². The Bertz CT molecular complexity index is 1310. The normalized spacial score (nSPS) is 20.1. The Balaban J connectivity index is 1.23. The number of rotatable bonds is 9. The number of hydrogen-bond acceptors (Lipinski definition) is 7. The summed E-state index contributed by atoms with van der Waals surface area (Å²) >= 11 is 0. The highest BCUT2D eigenvalue weighted by Gasteiger charge is 2.32. The van der Waals surface area contributed by atoms with Gasteiger partial charge >= 0.3 is 0 Å². The summed E-state index contributed by atoms with van der Waals surface area (Å²) in [6, 6.07) is 3.73. The van der Waals surface area contributed by atoms with Crippen LogP contribution in [0.15, 0.2) is 24.5 Å². The molecule has 5 rings (SSSR count). The molecule has 0 radical (unpaired) electrons. The molecule has 11 nitrogen and oxygen atoms in total. The number of fused-ring (bicyclic) bond motifs is 1. The van der Waals surface area contributed by atoms with Crippen molar-refractivity contribution in [3.8, 4) is 11.6 Å². The number of nitrogens with one attached hydrogen (secondary N) is 1. The first-order valence-electron chi connectivity index (χ1n) is 12.8. The van der Waals surface area contributed by atoms with Gasteiger partial charge in [0.05, 0.1) is 28.6 Å². The van der Waals surface area contributed by atoms with Crippen molar-refractivity contribution in [1.82, 2.24) is 24.7 Å². The molecule has 37 heavy (non-hydrogen) atoms. The largest absolute Gasteiger partial charge is 0.489 e. The molecule has 2 aliphatic rings. The van der Waals surface area contributed by atoms with Crippen molar-refractivity contribution >= 4 is 17.3 Å². The third kappa shape index (κ3) is 5.56. The summed E-state index contributed by atoms with van der Waals surface area (Å²) in [6.45, 7) is 3.58. The van der Waals surface area contributed by atoms with Crippen LogP contribution >= 0.6 is 0 Å². The van der Waals surface area contributed by atoms with E-state index in [4.69, 9.17) is 15.2 Å². The number of amides is 2. The average Bonchev–Trinajstić information content (AvgIpc) is 3.47. The number of hydrogen-bond donors (Lipinski definition) is 3. The van der Waals surface area contributed by atoms with Gasteiger partial charge < -0.3 is 25.6 Å². The minimum Gasteiger partial charge on any atom is -0.489 e. The van der Waals surface area contributed by atoms with Crippen molar-refractivity contribution in [2.75, 3.05) is 6.61 Å². The first-order valence-corrected chi connectivity index (χ1v) is 12.8. The highest BCUT2D eigenvalue weighted by Crippen LogP contribution is 2.44. The van der Waals surface area contributed by atoms with Crippen LogP contribution in [-0.4, -0.2) is 60.7 Å². The van der Waals surface area contributed by atoms with Crippen LogP contribution in [0, 0.1) is 0 Å². The number of nitrogens with zero attached hydrogens (tertiary/aromatic N) is 4. The summed E-state index contributed by atoms with van der Waals surface area (Å²) in [4.78, 5) is 24.8. The summed E-state index contributed by atoms with van der Waals surface area (Å²) in [5.41, 5.74) is 6.95. The van der Waals surface area contributed by atoms with E-state index in [1.165, 1.54) is 4.68 Å². The number of aromatic nitrogens is 4. The van der Waals surface area contributed by atoms with Gasteiger partial charge in [-0.1, -0.05) is 0 Å². The van der Waals surface area contributed by atoms with Gasteiger partial charge in [-0.25, -0.2) is 4.52 Å². The fraction of sp³-hybridized carbons (Fsp3) is 0.538. The Hall–Kier alpha value is -3.60. The first kappa shape index (κ1) is 25.1. The molecule has 2 saturated carbocycles. The summed E-state index contributed by atoms with van der Waals surface area (Å²) in [6.07, 6.45) is 8.10. The van der Waals surface area contributed by atoms with Crippen molar-refractivity contribution in [3.05, 3.63) is 41.3 Å². The van der Waals surface area contributed by atoms with Crippen LogP contribution in [0.3, 0.4) is 0 Å². The fourth-order valence-corrected chi connectivity index (χ4v) is 4.81. The number of primary amides is 1. The van der Waals surface area contributed by atoms with Crippen LogP contribution < -0.4 is 20.5 Å². The predicted octanol–water partition coefficient (Wildman–Crippen LogP) is 2.31. The lowest BCUT2D eigenvalue weighted by atomic mass is 9.92. The molecular weight excluding hydrogens is 476 g/mol. The molecule has 2 aliphatic carbocycles. The van der Waals surface area contributed by atoms with E-state index in [1.807, 2.05) is 12.1 Å². The molecule has 4 N–H and O–H groups in total. The van der Waals surface area contributed by atoms with Crippen LogP contribution in [-0.2, 0) is 7.05 Å². The van der Waals surface area contributed by atoms with Crippen LogP contribution in [0.25, 0.3) is 5.52 Å². The number of carbonyl (C=O) groups is 2. The van der Waals surface area contributed by atoms with Crippen LogP contribution in [0.4, 0.5) is 0 Å². The van der Waals surface area contributed by atoms with E-state index >= 15 is 0 Å². The molecular formula is C26H34N6O5. The van der Waals surface area contributed by atoms with Crippen LogP contribution in [0.2, 0.25) is 0 Å². The van der Waals surface area contributed by atoms with E-state index in [2.05, 4.69) is 15.5 Å². The number of aryl methyl sites for hydroxylation is 1. The maximum Gasteiger partial charge on any atom is 0.255 e. The lowest BCUT2D eigenvalue weighted by Gasteiger charge is -2.29. The Morgan fingerprint density at radius 1 is 1.16 bits per heavy atom. The maximum atomic E-state index is 13.2. The summed E-state index contributed by atoms with van der Waals surface area (Å²) in [5.74, 6) is 0.551. The Morgan fingerprint density at radius 3 is 2.54 bits per heavy atom. The lowest BCUT2D eigenvalue weighted by molar-refractivity contribution is 0.0279. The number of carbonyl (C=O) groups excluding carboxylic acids is 2. The van der Waals surface area contributed by atoms with Gasteiger partial charge in [-0.05, 0) is 64.5 Å². The third-order valence-electron chi connectivity index (χ3n) is 6.82. The van der Waals surface area contributed by atoms with Gasteiger partial charge in [0.15, 0.2) is 0 Å². The van der Waals surface area contributed by atoms with E-state index in [0.717, 1.165) is 49.7 Å². The van der Waals surface area contributed by atoms with E-state index in [9.17, 15) is 14.7 Å². The maximum absolute atomic E-state index is 13.2. The molecule has 0 aromatic carbocycles. The second-order valence-corrected chi connectivity index (χ2v) is 10.8. The molecule has 0 unspecified atom stereocenters. The molecule has 3 heterocycles. The lowest BCUT2D eigenvalue weighted by Crippen LogP contribution is -2.39. The minimum absolute atomic E-state index is 0.0129. The van der Waals surface area contributed by atoms with Crippen LogP contribution in [0.5, 0.6) is 11.6 Å². The molecule has 0 saturated heterocycles. The summed E-state index contributed by atoms with van der Waals surface area (Å²) in [5, 5.41) is 21.9. The minimum atomic E-state index is -0.948. The fourth-order valence-electron chi connectivity index (χ4n) is 4.81. The Morgan fingerprint density at radius 2 is 1.89 bits per heavy atom. The monoisotopic (exact) mass is 510 g/mol. The van der Waals surface area contributed by atoms with Gasteiger partial charge in [-0.15, -0.1) is 5.10 Å². The van der Waals surface area contributed by atoms with Crippen LogP contribution in [0.1, 0.15) is 84.7 Å². The number of pyridine rings is 1. The second-order valence-electron chi connectivity index (χ2n) is 10.8. The van der Waals surface area contributed by atoms with E-state index in [-0.39, 0.29) is 36.1 Å². The van der Waals surface area contributed by atoms with Crippen molar-refractivity contribution in [3.63, 3.8) is 0 Å². The Kier molecular flexibility index (Phi) is 6.57. The van der Waals surface area contributed by atoms with Gasteiger partial charge in [-0.3, -0.25) is 14.3 Å². The molecule has 0 spiro atoms. The predicted molar refractivity (Wildman–Crippen MR) is 135 cm³/mol. The van der Waals surface area contributed by atoms with Gasteiger partial charge in [0.1, 0.15) is 24.0 Å². The zero-order valence-corrected chi connectivity index (χ0v) is 21.4. The summed E-state index contributed by atoms with van der Waals surface area (Å²) in [7, 11) is 1.71. The zero-order valence-electron chi connectivity index (χ0n) is 21.4. The number of aliphatic hydroxyl groups is 1. The molecule has 0 atom stereocenters. The van der Waals surface area contributed by atoms with Gasteiger partial charge in [0.25, 0.3) is 11.8 Å². The third-order valence-corrected chi connectivity index (χ3v) is 6.82. The summed E-state index contributed by atoms with van der Waals surface area (Å²) < 4.78 is 15.2. The second kappa shape index (κ2) is 9.70. The van der Waals surface area contributed by atoms with Crippen molar-refractivity contribution in [1.29, 1.82) is 0 Å². The average molecular weight is 511 g/mol. The topological polar surface area (TPSA) is 146 Å². The highest BCUT2D eigenvalue weighted by molar-refractivity contribution is 6.01. The molecule has 0 bridgehead atoms. The van der Waals surface area contributed by atoms with Crippen molar-refractivity contribution in [2.45, 2.75) is 76.0 Å². The Labute approximate surface area is 214 Å². The molecule has 0 aliphatic heterocycles. The SMILES string of the molecule is Cn1cc(C(N)=O)c(O[C@H]2CC[C@H](NC(=O)c3cnn4c(C5CC5)c(OCC(C)(C)O)ccc34)CC2)n1. The van der Waals surface area contributed by atoms with Gasteiger partial charge in [0, 0.05) is 25.2 Å². The van der Waals surface area contributed by atoms with E-state index in [1.54, 1.807) is 37.8 Å². The number of ether oxygens (including phenoxy) is 2. The van der Waals surface area contributed by atoms with E-state index < -0.39 is 11.5 Å². The van der Waals surface area contributed by atoms with E-state index in [0.29, 0.717) is 17.2 Å². The standard InChI is InChI=1S/C26H34N6O5/c1-26(2,35)14-36-21-11-10-20-18(12-28-32(20)22(21)15-4-5-15)24(34)29-16-6-8-17(9-7-16)37-25-19(23(27)33)13-31(3)30-25/h10-13,15-17,35H,4-9,14H2,1-3H3,(H2,27,33)(H,29,34)/t16-,17-. The molecule has 198 valence electrons. The molecule has 2 fully saturated rings. The van der Waals surface area contributed by atoms with Gasteiger partial charge in [-0.2, -0.15) is 5.10 Å². The number of nitrogens with two attached hydrogens (primary N) is 1. The molecule has 3 aromatic heterocycles. The van der Waals surface area contributed by atoms with Crippen molar-refractivity contribution in [2.24, 2.45) is 12.8 Å². The quantitative estimate of drug-likeness (QED) is 0.400. The molecule has 2 amide bonds. The molecule has 11 heteroatoms.